The first kappa shape index (κ1) is 26.4. The van der Waals surface area contributed by atoms with E-state index in [4.69, 9.17) is 10.1 Å². The lowest BCUT2D eigenvalue weighted by molar-refractivity contribution is 0.679. The fourth-order valence-corrected chi connectivity index (χ4v) is 6.15. The third-order valence-corrected chi connectivity index (χ3v) is 7.93. The van der Waals surface area contributed by atoms with E-state index in [1.807, 2.05) is 18.2 Å². The predicted octanol–water partition coefficient (Wildman–Crippen LogP) is 6.85. The van der Waals surface area contributed by atoms with Gasteiger partial charge in [0.25, 0.3) is 0 Å². The third-order valence-electron chi connectivity index (χ3n) is 5.99. The highest BCUT2D eigenvalue weighted by Gasteiger charge is 2.24. The summed E-state index contributed by atoms with van der Waals surface area (Å²) in [5.41, 5.74) is 6.31. The predicted molar refractivity (Wildman–Crippen MR) is 156 cm³/mol. The number of hydrogen-bond donors (Lipinski definition) is 1. The Balaban J connectivity index is 1.70. The van der Waals surface area contributed by atoms with Crippen LogP contribution in [0.4, 0.5) is 0 Å². The van der Waals surface area contributed by atoms with Crippen molar-refractivity contribution in [2.45, 2.75) is 74.6 Å². The second kappa shape index (κ2) is 11.2. The Hall–Kier alpha value is -3.24. The van der Waals surface area contributed by atoms with Crippen molar-refractivity contribution in [2.75, 3.05) is 0 Å². The third kappa shape index (κ3) is 5.33. The smallest absolute Gasteiger partial charge is 0.205 e. The van der Waals surface area contributed by atoms with Crippen molar-refractivity contribution in [3.63, 3.8) is 0 Å². The lowest BCUT2D eigenvalue weighted by Gasteiger charge is -2.17. The number of nitrogens with zero attached hydrogens (tertiary/aromatic N) is 7. The second-order valence-electron chi connectivity index (χ2n) is 9.99. The Morgan fingerprint density at radius 1 is 0.763 bits per heavy atom. The van der Waals surface area contributed by atoms with Crippen molar-refractivity contribution in [3.8, 4) is 22.5 Å². The minimum Gasteiger partial charge on any atom is -0.321 e. The summed E-state index contributed by atoms with van der Waals surface area (Å²) in [4.78, 5) is 5.18. The van der Waals surface area contributed by atoms with Gasteiger partial charge in [0.1, 0.15) is 26.9 Å². The number of benzene rings is 2. The molecular formula is C28H32N8S2. The van der Waals surface area contributed by atoms with E-state index in [0.717, 1.165) is 43.6 Å². The number of nitrogens with one attached hydrogen (secondary N) is 1. The molecule has 10 heteroatoms. The number of imidazole rings is 1. The van der Waals surface area contributed by atoms with Crippen LogP contribution in [-0.2, 0) is 6.54 Å². The van der Waals surface area contributed by atoms with Gasteiger partial charge in [0.15, 0.2) is 0 Å². The molecule has 2 aromatic carbocycles. The van der Waals surface area contributed by atoms with Crippen LogP contribution in [0, 0.1) is 0 Å². The lowest BCUT2D eigenvalue weighted by Crippen LogP contribution is -2.09. The van der Waals surface area contributed by atoms with E-state index in [-0.39, 0.29) is 5.92 Å². The summed E-state index contributed by atoms with van der Waals surface area (Å²) in [5, 5.41) is 26.7. The quantitative estimate of drug-likeness (QED) is 0.201. The Bertz CT molecular complexity index is 1540. The van der Waals surface area contributed by atoms with Crippen molar-refractivity contribution in [1.82, 2.24) is 40.4 Å². The first-order chi connectivity index (χ1) is 18.3. The van der Waals surface area contributed by atoms with Crippen molar-refractivity contribution in [1.29, 1.82) is 0 Å². The van der Waals surface area contributed by atoms with E-state index in [9.17, 15) is 0 Å². The summed E-state index contributed by atoms with van der Waals surface area (Å²) in [5.74, 6) is 1.84. The molecule has 0 amide bonds. The summed E-state index contributed by atoms with van der Waals surface area (Å²) >= 11 is 3.45. The molecule has 5 rings (SSSR count). The van der Waals surface area contributed by atoms with Gasteiger partial charge in [0.2, 0.25) is 5.82 Å². The molecule has 0 spiro atoms. The fraction of sp³-hybridized carbons (Fsp3) is 0.357. The van der Waals surface area contributed by atoms with Gasteiger partial charge >= 0.3 is 0 Å². The van der Waals surface area contributed by atoms with Crippen LogP contribution < -0.4 is 0 Å². The van der Waals surface area contributed by atoms with Crippen LogP contribution in [0.2, 0.25) is 0 Å². The molecule has 0 radical (unpaired) electrons. The fourth-order valence-electron chi connectivity index (χ4n) is 4.51. The zero-order valence-electron chi connectivity index (χ0n) is 22.5. The minimum absolute atomic E-state index is 0.231. The molecule has 5 aromatic rings. The van der Waals surface area contributed by atoms with Crippen molar-refractivity contribution in [3.05, 3.63) is 59.9 Å². The van der Waals surface area contributed by atoms with Gasteiger partial charge in [0, 0.05) is 22.0 Å². The number of aromatic amines is 1. The lowest BCUT2D eigenvalue weighted by atomic mass is 9.95. The first-order valence-corrected chi connectivity index (χ1v) is 14.6. The summed E-state index contributed by atoms with van der Waals surface area (Å²) < 4.78 is 2.35. The van der Waals surface area contributed by atoms with E-state index in [1.165, 1.54) is 5.56 Å². The number of H-pyrrole nitrogens is 1. The molecule has 196 valence electrons. The second-order valence-corrected chi connectivity index (χ2v) is 13.1. The largest absolute Gasteiger partial charge is 0.321 e. The maximum absolute atomic E-state index is 5.18. The van der Waals surface area contributed by atoms with Crippen molar-refractivity contribution in [2.24, 2.45) is 0 Å². The summed E-state index contributed by atoms with van der Waals surface area (Å²) in [6.07, 6.45) is 0. The Kier molecular flexibility index (Phi) is 7.80. The standard InChI is InChI=1S/C28H32N8S2/c1-16(2)26-29-23-24(28(38-18(5)6)33-32-27(23)37-17(3)4)36(26)15-19-11-7-8-12-20(19)21-13-9-10-14-22(21)25-30-34-35-31-25/h7-14,16-18H,15H2,1-6H3,(H,30,31,34,35). The molecule has 3 heterocycles. The van der Waals surface area contributed by atoms with Crippen molar-refractivity contribution >= 4 is 34.6 Å². The molecule has 1 N–H and O–H groups in total. The van der Waals surface area contributed by atoms with Crippen LogP contribution in [0.25, 0.3) is 33.5 Å². The maximum Gasteiger partial charge on any atom is 0.205 e. The van der Waals surface area contributed by atoms with E-state index in [1.54, 1.807) is 23.5 Å². The molecule has 0 unspecified atom stereocenters. The number of aromatic nitrogens is 8. The van der Waals surface area contributed by atoms with Gasteiger partial charge in [-0.15, -0.1) is 20.4 Å². The van der Waals surface area contributed by atoms with Gasteiger partial charge < -0.3 is 4.57 Å². The normalized spacial score (nSPS) is 11.9. The average Bonchev–Trinajstić information content (AvgIpc) is 3.55. The minimum atomic E-state index is 0.231. The highest BCUT2D eigenvalue weighted by Crippen LogP contribution is 2.38. The molecule has 38 heavy (non-hydrogen) atoms. The molecule has 0 bridgehead atoms. The molecule has 0 aliphatic heterocycles. The maximum atomic E-state index is 5.18. The monoisotopic (exact) mass is 544 g/mol. The molecule has 0 atom stereocenters. The number of tetrazole rings is 1. The number of hydrogen-bond acceptors (Lipinski definition) is 8. The number of fused-ring (bicyclic) bond motifs is 1. The van der Waals surface area contributed by atoms with Gasteiger partial charge in [-0.1, -0.05) is 114 Å². The van der Waals surface area contributed by atoms with Crippen LogP contribution in [0.3, 0.4) is 0 Å². The number of thioether (sulfide) groups is 2. The van der Waals surface area contributed by atoms with Gasteiger partial charge in [-0.05, 0) is 21.9 Å². The summed E-state index contributed by atoms with van der Waals surface area (Å²) in [7, 11) is 0. The molecule has 8 nitrogen and oxygen atoms in total. The SMILES string of the molecule is CC(C)Sc1nnc(SC(C)C)c2c1nc(C(C)C)n2Cc1ccccc1-c1ccccc1-c1nn[nH]n1. The highest BCUT2D eigenvalue weighted by atomic mass is 32.2. The van der Waals surface area contributed by atoms with Crippen LogP contribution in [0.15, 0.2) is 58.6 Å². The average molecular weight is 545 g/mol. The van der Waals surface area contributed by atoms with Crippen LogP contribution in [0.5, 0.6) is 0 Å². The van der Waals surface area contributed by atoms with Gasteiger partial charge in [-0.3, -0.25) is 0 Å². The Morgan fingerprint density at radius 2 is 1.39 bits per heavy atom. The zero-order chi connectivity index (χ0) is 26.8. The van der Waals surface area contributed by atoms with E-state index in [2.05, 4.69) is 102 Å². The van der Waals surface area contributed by atoms with E-state index >= 15 is 0 Å². The topological polar surface area (TPSA) is 98.1 Å². The Morgan fingerprint density at radius 3 is 2.05 bits per heavy atom. The molecule has 0 aliphatic rings. The highest BCUT2D eigenvalue weighted by molar-refractivity contribution is 8.00. The van der Waals surface area contributed by atoms with Gasteiger partial charge in [-0.25, -0.2) is 4.98 Å². The van der Waals surface area contributed by atoms with E-state index < -0.39 is 0 Å². The molecule has 0 fully saturated rings. The Labute approximate surface area is 231 Å². The van der Waals surface area contributed by atoms with Gasteiger partial charge in [-0.2, -0.15) is 5.21 Å². The molecule has 0 saturated carbocycles. The summed E-state index contributed by atoms with van der Waals surface area (Å²) in [6, 6.07) is 16.7. The van der Waals surface area contributed by atoms with Crippen LogP contribution in [0.1, 0.15) is 58.8 Å². The van der Waals surface area contributed by atoms with Crippen LogP contribution in [-0.4, -0.2) is 50.9 Å². The number of rotatable bonds is 9. The molecular weight excluding hydrogens is 512 g/mol. The molecule has 3 aromatic heterocycles. The first-order valence-electron chi connectivity index (χ1n) is 12.8. The zero-order valence-corrected chi connectivity index (χ0v) is 24.1. The molecule has 0 saturated heterocycles. The summed E-state index contributed by atoms with van der Waals surface area (Å²) in [6.45, 7) is 13.8. The van der Waals surface area contributed by atoms with Crippen molar-refractivity contribution < 1.29 is 0 Å². The molecule has 0 aliphatic carbocycles. The van der Waals surface area contributed by atoms with E-state index in [0.29, 0.717) is 22.9 Å². The van der Waals surface area contributed by atoms with Crippen LogP contribution >= 0.6 is 23.5 Å². The van der Waals surface area contributed by atoms with Gasteiger partial charge in [0.05, 0.1) is 6.54 Å².